The Morgan fingerprint density at radius 2 is 1.71 bits per heavy atom. The average Bonchev–Trinajstić information content (AvgIpc) is 3.18. The lowest BCUT2D eigenvalue weighted by Gasteiger charge is -2.11. The summed E-state index contributed by atoms with van der Waals surface area (Å²) in [5.41, 5.74) is 3.95. The SMILES string of the molecule is Cc1cc(Br)ccc1NC(=O)CSc1nnc(Cc2ccccc2)n1-c1ccccc1. The normalized spacial score (nSPS) is 10.8. The molecule has 4 rings (SSSR count). The fourth-order valence-electron chi connectivity index (χ4n) is 3.21. The molecule has 1 aromatic heterocycles. The van der Waals surface area contributed by atoms with Crippen molar-refractivity contribution in [1.82, 2.24) is 14.8 Å². The van der Waals surface area contributed by atoms with Crippen LogP contribution >= 0.6 is 27.7 Å². The number of nitrogens with one attached hydrogen (secondary N) is 1. The van der Waals surface area contributed by atoms with Crippen molar-refractivity contribution in [2.24, 2.45) is 0 Å². The van der Waals surface area contributed by atoms with Crippen LogP contribution in [0.5, 0.6) is 0 Å². The number of hydrogen-bond acceptors (Lipinski definition) is 4. The monoisotopic (exact) mass is 492 g/mol. The molecule has 0 saturated carbocycles. The Morgan fingerprint density at radius 1 is 1.00 bits per heavy atom. The molecule has 0 radical (unpaired) electrons. The van der Waals surface area contributed by atoms with Gasteiger partial charge in [0, 0.05) is 22.3 Å². The number of anilines is 1. The third kappa shape index (κ3) is 5.42. The van der Waals surface area contributed by atoms with E-state index in [1.165, 1.54) is 11.8 Å². The second-order valence-corrected chi connectivity index (χ2v) is 8.89. The van der Waals surface area contributed by atoms with Gasteiger partial charge in [0.15, 0.2) is 5.16 Å². The second kappa shape index (κ2) is 9.94. The fourth-order valence-corrected chi connectivity index (χ4v) is 4.45. The quantitative estimate of drug-likeness (QED) is 0.338. The first-order valence-corrected chi connectivity index (χ1v) is 11.6. The van der Waals surface area contributed by atoms with Crippen LogP contribution in [-0.2, 0) is 11.2 Å². The minimum absolute atomic E-state index is 0.0809. The van der Waals surface area contributed by atoms with Crippen LogP contribution in [0.25, 0.3) is 5.69 Å². The summed E-state index contributed by atoms with van der Waals surface area (Å²) in [6, 6.07) is 26.0. The number of hydrogen-bond donors (Lipinski definition) is 1. The van der Waals surface area contributed by atoms with Crippen molar-refractivity contribution in [3.05, 3.63) is 100 Å². The van der Waals surface area contributed by atoms with E-state index in [1.54, 1.807) is 0 Å². The smallest absolute Gasteiger partial charge is 0.234 e. The topological polar surface area (TPSA) is 59.8 Å². The summed E-state index contributed by atoms with van der Waals surface area (Å²) < 4.78 is 3.01. The Morgan fingerprint density at radius 3 is 2.42 bits per heavy atom. The molecule has 0 unspecified atom stereocenters. The van der Waals surface area contributed by atoms with Gasteiger partial charge < -0.3 is 5.32 Å². The van der Waals surface area contributed by atoms with Crippen LogP contribution in [-0.4, -0.2) is 26.4 Å². The Kier molecular flexibility index (Phi) is 6.84. The van der Waals surface area contributed by atoms with Crippen molar-refractivity contribution in [3.63, 3.8) is 0 Å². The van der Waals surface area contributed by atoms with Crippen LogP contribution < -0.4 is 5.32 Å². The highest BCUT2D eigenvalue weighted by Crippen LogP contribution is 2.25. The summed E-state index contributed by atoms with van der Waals surface area (Å²) >= 11 is 4.82. The van der Waals surface area contributed by atoms with Crippen molar-refractivity contribution < 1.29 is 4.79 Å². The van der Waals surface area contributed by atoms with Gasteiger partial charge in [-0.1, -0.05) is 76.2 Å². The van der Waals surface area contributed by atoms with E-state index in [0.29, 0.717) is 11.6 Å². The molecule has 1 N–H and O–H groups in total. The van der Waals surface area contributed by atoms with Gasteiger partial charge in [-0.15, -0.1) is 10.2 Å². The molecule has 0 spiro atoms. The molecule has 0 aliphatic rings. The number of rotatable bonds is 7. The highest BCUT2D eigenvalue weighted by Gasteiger charge is 2.16. The molecule has 0 saturated heterocycles. The lowest BCUT2D eigenvalue weighted by Crippen LogP contribution is -2.15. The number of halogens is 1. The van der Waals surface area contributed by atoms with Crippen molar-refractivity contribution in [3.8, 4) is 5.69 Å². The second-order valence-electron chi connectivity index (χ2n) is 7.03. The Hall–Kier alpha value is -2.90. The average molecular weight is 493 g/mol. The fraction of sp³-hybridized carbons (Fsp3) is 0.125. The summed E-state index contributed by atoms with van der Waals surface area (Å²) in [4.78, 5) is 12.6. The van der Waals surface area contributed by atoms with Crippen LogP contribution in [0.2, 0.25) is 0 Å². The molecule has 1 amide bonds. The molecule has 0 bridgehead atoms. The van der Waals surface area contributed by atoms with E-state index < -0.39 is 0 Å². The molecular weight excluding hydrogens is 472 g/mol. The van der Waals surface area contributed by atoms with Gasteiger partial charge in [0.25, 0.3) is 0 Å². The number of aryl methyl sites for hydroxylation is 1. The van der Waals surface area contributed by atoms with Gasteiger partial charge in [0.05, 0.1) is 5.75 Å². The number of para-hydroxylation sites is 1. The summed E-state index contributed by atoms with van der Waals surface area (Å²) in [6.45, 7) is 1.97. The third-order valence-electron chi connectivity index (χ3n) is 4.71. The van der Waals surface area contributed by atoms with Crippen LogP contribution in [0.3, 0.4) is 0 Å². The number of carbonyl (C=O) groups excluding carboxylic acids is 1. The van der Waals surface area contributed by atoms with Crippen molar-refractivity contribution >= 4 is 39.3 Å². The summed E-state index contributed by atoms with van der Waals surface area (Å²) in [6.07, 6.45) is 0.660. The maximum atomic E-state index is 12.6. The number of aromatic nitrogens is 3. The predicted molar refractivity (Wildman–Crippen MR) is 129 cm³/mol. The molecule has 0 atom stereocenters. The van der Waals surface area contributed by atoms with Gasteiger partial charge in [0.2, 0.25) is 5.91 Å². The largest absolute Gasteiger partial charge is 0.325 e. The Balaban J connectivity index is 1.53. The summed E-state index contributed by atoms with van der Waals surface area (Å²) in [7, 11) is 0. The van der Waals surface area contributed by atoms with E-state index in [4.69, 9.17) is 0 Å². The molecule has 31 heavy (non-hydrogen) atoms. The molecule has 5 nitrogen and oxygen atoms in total. The molecule has 0 fully saturated rings. The minimum atomic E-state index is -0.0809. The highest BCUT2D eigenvalue weighted by molar-refractivity contribution is 9.10. The van der Waals surface area contributed by atoms with Gasteiger partial charge in [0.1, 0.15) is 5.82 Å². The molecule has 3 aromatic carbocycles. The van der Waals surface area contributed by atoms with Gasteiger partial charge >= 0.3 is 0 Å². The lowest BCUT2D eigenvalue weighted by molar-refractivity contribution is -0.113. The van der Waals surface area contributed by atoms with E-state index >= 15 is 0 Å². The first kappa shape index (κ1) is 21.3. The van der Waals surface area contributed by atoms with Crippen molar-refractivity contribution in [2.75, 3.05) is 11.1 Å². The molecule has 7 heteroatoms. The van der Waals surface area contributed by atoms with Gasteiger partial charge in [-0.05, 0) is 48.4 Å². The minimum Gasteiger partial charge on any atom is -0.325 e. The van der Waals surface area contributed by atoms with Crippen LogP contribution in [0.15, 0.2) is 88.5 Å². The van der Waals surface area contributed by atoms with E-state index in [9.17, 15) is 4.79 Å². The van der Waals surface area contributed by atoms with Crippen molar-refractivity contribution in [1.29, 1.82) is 0 Å². The lowest BCUT2D eigenvalue weighted by atomic mass is 10.1. The predicted octanol–water partition coefficient (Wildman–Crippen LogP) is 5.66. The van der Waals surface area contributed by atoms with Crippen molar-refractivity contribution in [2.45, 2.75) is 18.5 Å². The molecule has 4 aromatic rings. The van der Waals surface area contributed by atoms with Gasteiger partial charge in [-0.3, -0.25) is 9.36 Å². The van der Waals surface area contributed by atoms with E-state index in [0.717, 1.165) is 32.8 Å². The number of amides is 1. The molecule has 0 aliphatic carbocycles. The number of benzene rings is 3. The Bertz CT molecular complexity index is 1180. The zero-order chi connectivity index (χ0) is 21.6. The number of thioether (sulfide) groups is 1. The summed E-state index contributed by atoms with van der Waals surface area (Å²) in [5, 5.41) is 12.5. The highest BCUT2D eigenvalue weighted by atomic mass is 79.9. The maximum Gasteiger partial charge on any atom is 0.234 e. The van der Waals surface area contributed by atoms with Crippen LogP contribution in [0.1, 0.15) is 17.0 Å². The molecule has 1 heterocycles. The van der Waals surface area contributed by atoms with Crippen LogP contribution in [0, 0.1) is 6.92 Å². The van der Waals surface area contributed by atoms with E-state index in [2.05, 4.69) is 43.6 Å². The molecule has 0 aliphatic heterocycles. The standard InChI is InChI=1S/C24H21BrN4OS/c1-17-14-19(25)12-13-21(17)26-23(30)16-31-24-28-27-22(15-18-8-4-2-5-9-18)29(24)20-10-6-3-7-11-20/h2-14H,15-16H2,1H3,(H,26,30). The zero-order valence-corrected chi connectivity index (χ0v) is 19.4. The first-order chi connectivity index (χ1) is 15.1. The third-order valence-corrected chi connectivity index (χ3v) is 6.14. The number of nitrogens with zero attached hydrogens (tertiary/aromatic N) is 3. The maximum absolute atomic E-state index is 12.6. The van der Waals surface area contributed by atoms with E-state index in [-0.39, 0.29) is 11.7 Å². The Labute approximate surface area is 194 Å². The van der Waals surface area contributed by atoms with Gasteiger partial charge in [-0.25, -0.2) is 0 Å². The zero-order valence-electron chi connectivity index (χ0n) is 17.0. The summed E-state index contributed by atoms with van der Waals surface area (Å²) in [5.74, 6) is 0.998. The molecule has 156 valence electrons. The van der Waals surface area contributed by atoms with E-state index in [1.807, 2.05) is 78.2 Å². The first-order valence-electron chi connectivity index (χ1n) is 9.82. The van der Waals surface area contributed by atoms with Crippen LogP contribution in [0.4, 0.5) is 5.69 Å². The molecular formula is C24H21BrN4OS. The number of carbonyl (C=O) groups is 1. The van der Waals surface area contributed by atoms with Gasteiger partial charge in [-0.2, -0.15) is 0 Å².